The van der Waals surface area contributed by atoms with Crippen molar-refractivity contribution in [1.29, 1.82) is 0 Å². The minimum atomic E-state index is -0.353. The van der Waals surface area contributed by atoms with Gasteiger partial charge in [-0.25, -0.2) is 4.90 Å². The number of hydrogen-bond acceptors (Lipinski definition) is 5. The Labute approximate surface area is 187 Å². The first-order valence-electron chi connectivity index (χ1n) is 10.6. The van der Waals surface area contributed by atoms with E-state index < -0.39 is 0 Å². The fraction of sp³-hybridized carbons (Fsp3) is 0.333. The molecule has 1 fully saturated rings. The predicted molar refractivity (Wildman–Crippen MR) is 122 cm³/mol. The average Bonchev–Trinajstić information content (AvgIpc) is 3.04. The van der Waals surface area contributed by atoms with E-state index in [2.05, 4.69) is 11.9 Å². The van der Waals surface area contributed by atoms with E-state index in [9.17, 15) is 9.59 Å². The van der Waals surface area contributed by atoms with E-state index in [4.69, 9.17) is 16.3 Å². The SMILES string of the molecule is CCCOc1ccc(C2=C(N3CCN(C)CC3)C(=O)N(c3ccccc3Cl)C2=O)cc1. The first-order valence-corrected chi connectivity index (χ1v) is 10.9. The number of para-hydroxylation sites is 1. The lowest BCUT2D eigenvalue weighted by Gasteiger charge is -2.34. The van der Waals surface area contributed by atoms with Gasteiger partial charge in [-0.2, -0.15) is 0 Å². The zero-order chi connectivity index (χ0) is 22.0. The van der Waals surface area contributed by atoms with Crippen molar-refractivity contribution in [2.24, 2.45) is 0 Å². The number of piperazine rings is 1. The molecule has 2 aliphatic heterocycles. The Bertz CT molecular complexity index is 1010. The Kier molecular flexibility index (Phi) is 6.30. The molecular weight excluding hydrogens is 414 g/mol. The maximum Gasteiger partial charge on any atom is 0.282 e. The van der Waals surface area contributed by atoms with E-state index in [0.717, 1.165) is 25.3 Å². The molecule has 4 rings (SSSR count). The molecule has 0 radical (unpaired) electrons. The summed E-state index contributed by atoms with van der Waals surface area (Å²) in [6.45, 7) is 5.70. The maximum absolute atomic E-state index is 13.6. The van der Waals surface area contributed by atoms with Crippen LogP contribution in [0.1, 0.15) is 18.9 Å². The number of likely N-dealkylation sites (N-methyl/N-ethyl adjacent to an activating group) is 1. The molecule has 0 saturated carbocycles. The van der Waals surface area contributed by atoms with Crippen LogP contribution in [-0.2, 0) is 9.59 Å². The van der Waals surface area contributed by atoms with E-state index in [1.807, 2.05) is 36.1 Å². The molecule has 1 saturated heterocycles. The maximum atomic E-state index is 13.6. The number of hydrogen-bond donors (Lipinski definition) is 0. The fourth-order valence-corrected chi connectivity index (χ4v) is 4.11. The quantitative estimate of drug-likeness (QED) is 0.643. The fourth-order valence-electron chi connectivity index (χ4n) is 3.89. The third-order valence-electron chi connectivity index (χ3n) is 5.59. The lowest BCUT2D eigenvalue weighted by atomic mass is 10.0. The number of anilines is 1. The zero-order valence-electron chi connectivity index (χ0n) is 17.8. The molecule has 0 atom stereocenters. The number of halogens is 1. The number of imide groups is 1. The zero-order valence-corrected chi connectivity index (χ0v) is 18.6. The van der Waals surface area contributed by atoms with Gasteiger partial charge in [0.2, 0.25) is 0 Å². The minimum Gasteiger partial charge on any atom is -0.494 e. The minimum absolute atomic E-state index is 0.330. The van der Waals surface area contributed by atoms with Crippen LogP contribution in [0.25, 0.3) is 5.57 Å². The van der Waals surface area contributed by atoms with Crippen molar-refractivity contribution in [3.05, 3.63) is 64.8 Å². The molecule has 0 N–H and O–H groups in total. The smallest absolute Gasteiger partial charge is 0.282 e. The van der Waals surface area contributed by atoms with Crippen LogP contribution in [0.15, 0.2) is 54.2 Å². The highest BCUT2D eigenvalue weighted by atomic mass is 35.5. The van der Waals surface area contributed by atoms with Crippen LogP contribution in [0, 0.1) is 0 Å². The molecule has 0 bridgehead atoms. The van der Waals surface area contributed by atoms with Gasteiger partial charge in [-0.1, -0.05) is 42.8 Å². The van der Waals surface area contributed by atoms with Gasteiger partial charge < -0.3 is 14.5 Å². The predicted octanol–water partition coefficient (Wildman–Crippen LogP) is 3.66. The van der Waals surface area contributed by atoms with Crippen molar-refractivity contribution < 1.29 is 14.3 Å². The molecule has 0 spiro atoms. The number of ether oxygens (including phenoxy) is 1. The normalized spacial score (nSPS) is 17.6. The van der Waals surface area contributed by atoms with Crippen molar-refractivity contribution in [2.75, 3.05) is 44.7 Å². The number of carbonyl (C=O) groups excluding carboxylic acids is 2. The Morgan fingerprint density at radius 1 is 0.935 bits per heavy atom. The molecule has 162 valence electrons. The highest BCUT2D eigenvalue weighted by Gasteiger charge is 2.43. The second-order valence-electron chi connectivity index (χ2n) is 7.78. The van der Waals surface area contributed by atoms with Gasteiger partial charge in [-0.3, -0.25) is 9.59 Å². The molecule has 7 heteroatoms. The molecule has 31 heavy (non-hydrogen) atoms. The summed E-state index contributed by atoms with van der Waals surface area (Å²) in [5.74, 6) is 0.0605. The van der Waals surface area contributed by atoms with Crippen LogP contribution in [0.3, 0.4) is 0 Å². The number of rotatable bonds is 6. The second kappa shape index (κ2) is 9.12. The molecule has 2 aromatic carbocycles. The van der Waals surface area contributed by atoms with Gasteiger partial charge in [0.05, 0.1) is 22.9 Å². The van der Waals surface area contributed by atoms with Gasteiger partial charge in [0, 0.05) is 26.2 Å². The number of amides is 2. The molecule has 0 aromatic heterocycles. The Balaban J connectivity index is 1.75. The van der Waals surface area contributed by atoms with Gasteiger partial charge in [0.15, 0.2) is 0 Å². The van der Waals surface area contributed by atoms with Crippen LogP contribution in [-0.4, -0.2) is 61.4 Å². The summed E-state index contributed by atoms with van der Waals surface area (Å²) in [5, 5.41) is 0.367. The lowest BCUT2D eigenvalue weighted by molar-refractivity contribution is -0.120. The molecule has 2 aromatic rings. The summed E-state index contributed by atoms with van der Waals surface area (Å²) in [5.41, 5.74) is 1.96. The number of nitrogens with zero attached hydrogens (tertiary/aromatic N) is 3. The summed E-state index contributed by atoms with van der Waals surface area (Å²) in [4.78, 5) is 32.5. The Morgan fingerprint density at radius 2 is 1.61 bits per heavy atom. The van der Waals surface area contributed by atoms with Crippen LogP contribution in [0.2, 0.25) is 5.02 Å². The molecule has 6 nitrogen and oxygen atoms in total. The summed E-state index contributed by atoms with van der Waals surface area (Å²) < 4.78 is 5.67. The number of benzene rings is 2. The molecule has 2 heterocycles. The highest BCUT2D eigenvalue weighted by Crippen LogP contribution is 2.38. The van der Waals surface area contributed by atoms with Crippen molar-refractivity contribution in [3.8, 4) is 5.75 Å². The largest absolute Gasteiger partial charge is 0.494 e. The molecule has 0 unspecified atom stereocenters. The van der Waals surface area contributed by atoms with E-state index in [1.54, 1.807) is 24.3 Å². The van der Waals surface area contributed by atoms with Crippen molar-refractivity contribution in [2.45, 2.75) is 13.3 Å². The molecule has 0 aliphatic carbocycles. The standard InChI is InChI=1S/C24H26ClN3O3/c1-3-16-31-18-10-8-17(9-11-18)21-22(27-14-12-26(2)13-15-27)24(30)28(23(21)29)20-7-5-4-6-19(20)25/h4-11H,3,12-16H2,1-2H3. The molecule has 2 amide bonds. The Morgan fingerprint density at radius 3 is 2.26 bits per heavy atom. The second-order valence-corrected chi connectivity index (χ2v) is 8.19. The molecule has 2 aliphatic rings. The van der Waals surface area contributed by atoms with Crippen molar-refractivity contribution in [3.63, 3.8) is 0 Å². The van der Waals surface area contributed by atoms with E-state index in [1.165, 1.54) is 4.90 Å². The van der Waals surface area contributed by atoms with E-state index in [0.29, 0.717) is 47.2 Å². The first-order chi connectivity index (χ1) is 15.0. The van der Waals surface area contributed by atoms with Crippen LogP contribution in [0.5, 0.6) is 5.75 Å². The van der Waals surface area contributed by atoms with Gasteiger partial charge in [-0.15, -0.1) is 0 Å². The monoisotopic (exact) mass is 439 g/mol. The summed E-state index contributed by atoms with van der Waals surface area (Å²) in [7, 11) is 2.05. The van der Waals surface area contributed by atoms with Crippen LogP contribution < -0.4 is 9.64 Å². The van der Waals surface area contributed by atoms with Crippen LogP contribution in [0.4, 0.5) is 5.69 Å². The van der Waals surface area contributed by atoms with Crippen molar-refractivity contribution >= 4 is 34.7 Å². The van der Waals surface area contributed by atoms with Gasteiger partial charge in [0.1, 0.15) is 11.4 Å². The topological polar surface area (TPSA) is 53.1 Å². The average molecular weight is 440 g/mol. The Hall–Kier alpha value is -2.83. The van der Waals surface area contributed by atoms with Gasteiger partial charge in [0.25, 0.3) is 11.8 Å². The lowest BCUT2D eigenvalue weighted by Crippen LogP contribution is -2.46. The van der Waals surface area contributed by atoms with E-state index >= 15 is 0 Å². The highest BCUT2D eigenvalue weighted by molar-refractivity contribution is 6.47. The van der Waals surface area contributed by atoms with Crippen LogP contribution >= 0.6 is 11.6 Å². The third-order valence-corrected chi connectivity index (χ3v) is 5.91. The number of carbonyl (C=O) groups is 2. The van der Waals surface area contributed by atoms with Crippen molar-refractivity contribution in [1.82, 2.24) is 9.80 Å². The van der Waals surface area contributed by atoms with Gasteiger partial charge >= 0.3 is 0 Å². The summed E-state index contributed by atoms with van der Waals surface area (Å²) in [6.07, 6.45) is 0.917. The van der Waals surface area contributed by atoms with E-state index in [-0.39, 0.29) is 11.8 Å². The summed E-state index contributed by atoms with van der Waals surface area (Å²) in [6, 6.07) is 14.3. The molecular formula is C24H26ClN3O3. The third kappa shape index (κ3) is 4.18. The van der Waals surface area contributed by atoms with Gasteiger partial charge in [-0.05, 0) is 43.3 Å². The summed E-state index contributed by atoms with van der Waals surface area (Å²) >= 11 is 6.35. The first kappa shape index (κ1) is 21.4.